The van der Waals surface area contributed by atoms with Crippen molar-refractivity contribution in [3.63, 3.8) is 0 Å². The van der Waals surface area contributed by atoms with Gasteiger partial charge in [0.2, 0.25) is 6.61 Å². The number of rotatable bonds is 10. The number of fused-ring (bicyclic) bond motifs is 1. The lowest BCUT2D eigenvalue weighted by atomic mass is 10.0. The zero-order valence-corrected chi connectivity index (χ0v) is 23.6. The smallest absolute Gasteiger partial charge is 0.356 e. The van der Waals surface area contributed by atoms with Crippen LogP contribution in [0.25, 0.3) is 0 Å². The number of thiazole rings is 1. The van der Waals surface area contributed by atoms with Crippen LogP contribution < -0.4 is 11.1 Å². The van der Waals surface area contributed by atoms with E-state index in [9.17, 15) is 14.4 Å². The first kappa shape index (κ1) is 28.6. The lowest BCUT2D eigenvalue weighted by Crippen LogP contribution is -2.71. The minimum atomic E-state index is -0.965. The van der Waals surface area contributed by atoms with Crippen molar-refractivity contribution in [3.05, 3.63) is 107 Å². The molecule has 1 unspecified atom stereocenters. The van der Waals surface area contributed by atoms with E-state index in [1.807, 2.05) is 60.7 Å². The molecule has 5 rings (SSSR count). The second-order valence-electron chi connectivity index (χ2n) is 8.99. The lowest BCUT2D eigenvalue weighted by molar-refractivity contribution is -0.154. The van der Waals surface area contributed by atoms with E-state index in [4.69, 9.17) is 20.6 Å². The largest absolute Gasteiger partial charge is 0.448 e. The van der Waals surface area contributed by atoms with Gasteiger partial charge in [0.05, 0.1) is 0 Å². The van der Waals surface area contributed by atoms with E-state index in [-0.39, 0.29) is 22.2 Å². The average Bonchev–Trinajstić information content (AvgIpc) is 3.46. The average molecular weight is 601 g/mol. The Bertz CT molecular complexity index is 1580. The molecular formula is C29H24N6O5S2. The van der Waals surface area contributed by atoms with Gasteiger partial charge in [-0.25, -0.2) is 9.78 Å². The van der Waals surface area contributed by atoms with E-state index in [1.54, 1.807) is 6.07 Å². The Morgan fingerprint density at radius 3 is 2.45 bits per heavy atom. The van der Waals surface area contributed by atoms with E-state index in [0.29, 0.717) is 11.3 Å². The summed E-state index contributed by atoms with van der Waals surface area (Å²) in [6.07, 6.45) is 0.819. The highest BCUT2D eigenvalue weighted by molar-refractivity contribution is 8.00. The summed E-state index contributed by atoms with van der Waals surface area (Å²) in [4.78, 5) is 50.6. The summed E-state index contributed by atoms with van der Waals surface area (Å²) in [5.74, 6) is -1.56. The van der Waals surface area contributed by atoms with Crippen LogP contribution in [0.3, 0.4) is 0 Å². The molecule has 13 heteroatoms. The molecule has 2 aliphatic rings. The van der Waals surface area contributed by atoms with Crippen molar-refractivity contribution in [3.8, 4) is 6.07 Å². The first-order valence-electron chi connectivity index (χ1n) is 12.6. The van der Waals surface area contributed by atoms with Crippen LogP contribution >= 0.6 is 23.1 Å². The maximum atomic E-state index is 13.7. The van der Waals surface area contributed by atoms with E-state index < -0.39 is 41.9 Å². The normalized spacial score (nSPS) is 18.0. The number of anilines is 1. The van der Waals surface area contributed by atoms with Gasteiger partial charge in [0.25, 0.3) is 11.8 Å². The molecule has 2 aromatic carbocycles. The monoisotopic (exact) mass is 600 g/mol. The Labute approximate surface area is 249 Å². The molecule has 0 aliphatic carbocycles. The number of aromatic nitrogens is 1. The van der Waals surface area contributed by atoms with Crippen molar-refractivity contribution < 1.29 is 24.0 Å². The molecule has 1 aromatic heterocycles. The minimum absolute atomic E-state index is 0.0830. The van der Waals surface area contributed by atoms with Crippen molar-refractivity contribution >= 4 is 51.7 Å². The zero-order valence-electron chi connectivity index (χ0n) is 22.0. The molecule has 2 amide bonds. The molecule has 2 atom stereocenters. The van der Waals surface area contributed by atoms with Crippen LogP contribution in [0.2, 0.25) is 0 Å². The number of nitrogens with two attached hydrogens (primary N) is 1. The van der Waals surface area contributed by atoms with Crippen LogP contribution in [-0.2, 0) is 24.0 Å². The number of β-lactam (4-membered cyclic amide) rings is 1. The summed E-state index contributed by atoms with van der Waals surface area (Å²) in [7, 11) is 0. The van der Waals surface area contributed by atoms with Gasteiger partial charge in [-0.1, -0.05) is 78.5 Å². The molecule has 0 bridgehead atoms. The number of carbonyl (C=O) groups is 3. The second-order valence-corrected chi connectivity index (χ2v) is 11.0. The SMILES string of the molecule is C=CC1=C(C(=O)OC(c2ccccc2)c2ccccc2)N2C(=O)C(NC(=O)C(=NOCC#N)c3csc(N)n3)[C@H]2SC1. The lowest BCUT2D eigenvalue weighted by Gasteiger charge is -2.49. The second kappa shape index (κ2) is 12.7. The Balaban J connectivity index is 1.37. The number of nitriles is 1. The Morgan fingerprint density at radius 2 is 1.88 bits per heavy atom. The highest BCUT2D eigenvalue weighted by atomic mass is 32.2. The fourth-order valence-corrected chi connectivity index (χ4v) is 6.36. The number of nitrogens with zero attached hydrogens (tertiary/aromatic N) is 4. The Hall–Kier alpha value is -4.93. The summed E-state index contributed by atoms with van der Waals surface area (Å²) in [5.41, 5.74) is 7.78. The van der Waals surface area contributed by atoms with Crippen LogP contribution in [0.15, 0.2) is 95.1 Å². The number of thioether (sulfide) groups is 1. The van der Waals surface area contributed by atoms with Crippen LogP contribution in [0.1, 0.15) is 22.9 Å². The number of allylic oxidation sites excluding steroid dienone is 1. The van der Waals surface area contributed by atoms with Crippen molar-refractivity contribution in [2.75, 3.05) is 18.1 Å². The predicted octanol–water partition coefficient (Wildman–Crippen LogP) is 3.14. The van der Waals surface area contributed by atoms with Crippen molar-refractivity contribution in [1.82, 2.24) is 15.2 Å². The molecule has 1 saturated heterocycles. The third-order valence-electron chi connectivity index (χ3n) is 6.42. The van der Waals surface area contributed by atoms with Crippen LogP contribution in [-0.4, -0.2) is 57.2 Å². The number of benzene rings is 2. The van der Waals surface area contributed by atoms with Gasteiger partial charge < -0.3 is 20.6 Å². The van der Waals surface area contributed by atoms with E-state index in [1.165, 1.54) is 28.1 Å². The standard InChI is InChI=1S/C29H24N6O5S2/c1-2-17-15-41-27-22(33-25(36)21(34-39-14-13-30)20-16-42-29(31)32-20)26(37)35(27)23(17)28(38)40-24(18-9-5-3-6-10-18)19-11-7-4-8-12-19/h2-12,16,22,24,27H,1,14-15H2,(H2,31,32)(H,33,36)/t22?,27-/m1/s1. The van der Waals surface area contributed by atoms with E-state index >= 15 is 0 Å². The van der Waals surface area contributed by atoms with Gasteiger partial charge in [-0.3, -0.25) is 14.5 Å². The molecule has 3 heterocycles. The van der Waals surface area contributed by atoms with Crippen molar-refractivity contribution in [2.24, 2.45) is 5.16 Å². The third kappa shape index (κ3) is 5.76. The highest BCUT2D eigenvalue weighted by Gasteiger charge is 2.54. The summed E-state index contributed by atoms with van der Waals surface area (Å²) < 4.78 is 6.05. The zero-order chi connectivity index (χ0) is 29.6. The van der Waals surface area contributed by atoms with E-state index in [2.05, 4.69) is 22.0 Å². The maximum absolute atomic E-state index is 13.7. The highest BCUT2D eigenvalue weighted by Crippen LogP contribution is 2.42. The topological polar surface area (TPSA) is 160 Å². The van der Waals surface area contributed by atoms with Gasteiger partial charge in [-0.15, -0.1) is 23.1 Å². The van der Waals surface area contributed by atoms with Crippen molar-refractivity contribution in [2.45, 2.75) is 17.5 Å². The minimum Gasteiger partial charge on any atom is -0.448 e. The summed E-state index contributed by atoms with van der Waals surface area (Å²) >= 11 is 2.46. The molecular weight excluding hydrogens is 576 g/mol. The van der Waals surface area contributed by atoms with Crippen LogP contribution in [0.4, 0.5) is 5.13 Å². The van der Waals surface area contributed by atoms with Gasteiger partial charge in [-0.05, 0) is 16.7 Å². The van der Waals surface area contributed by atoms with Crippen LogP contribution in [0, 0.1) is 11.3 Å². The summed E-state index contributed by atoms with van der Waals surface area (Å²) in [6, 6.07) is 19.4. The maximum Gasteiger partial charge on any atom is 0.356 e. The molecule has 42 heavy (non-hydrogen) atoms. The van der Waals surface area contributed by atoms with Gasteiger partial charge in [0.1, 0.15) is 28.9 Å². The number of hydrogen-bond acceptors (Lipinski definition) is 11. The summed E-state index contributed by atoms with van der Waals surface area (Å²) in [6.45, 7) is 3.44. The molecule has 212 valence electrons. The fraction of sp³-hybridized carbons (Fsp3) is 0.172. The van der Waals surface area contributed by atoms with Gasteiger partial charge in [0, 0.05) is 11.1 Å². The quantitative estimate of drug-likeness (QED) is 0.117. The Morgan fingerprint density at radius 1 is 1.21 bits per heavy atom. The molecule has 0 saturated carbocycles. The number of esters is 1. The van der Waals surface area contributed by atoms with Gasteiger partial charge >= 0.3 is 5.97 Å². The molecule has 1 fully saturated rings. The molecule has 0 radical (unpaired) electrons. The van der Waals surface area contributed by atoms with Gasteiger partial charge in [0.15, 0.2) is 16.9 Å². The molecule has 11 nitrogen and oxygen atoms in total. The fourth-order valence-electron chi connectivity index (χ4n) is 4.47. The first-order chi connectivity index (χ1) is 20.4. The molecule has 0 spiro atoms. The van der Waals surface area contributed by atoms with Gasteiger partial charge in [-0.2, -0.15) is 5.26 Å². The van der Waals surface area contributed by atoms with E-state index in [0.717, 1.165) is 22.5 Å². The third-order valence-corrected chi connectivity index (χ3v) is 8.39. The number of ether oxygens (including phenoxy) is 1. The number of oxime groups is 1. The number of nitrogens with one attached hydrogen (secondary N) is 1. The molecule has 2 aliphatic heterocycles. The number of hydrogen-bond donors (Lipinski definition) is 2. The first-order valence-corrected chi connectivity index (χ1v) is 14.6. The molecule has 3 N–H and O–H groups in total. The van der Waals surface area contributed by atoms with Crippen molar-refractivity contribution in [1.29, 1.82) is 5.26 Å². The Kier molecular flexibility index (Phi) is 8.66. The molecule has 3 aromatic rings. The predicted molar refractivity (Wildman–Crippen MR) is 158 cm³/mol. The summed E-state index contributed by atoms with van der Waals surface area (Å²) in [5, 5.41) is 16.3. The number of carbonyl (C=O) groups excluding carboxylic acids is 3. The number of amides is 2. The number of nitrogen functional groups attached to an aromatic ring is 1. The van der Waals surface area contributed by atoms with Crippen LogP contribution in [0.5, 0.6) is 0 Å².